The van der Waals surface area contributed by atoms with Crippen LogP contribution in [-0.4, -0.2) is 23.6 Å². The molecule has 1 aromatic heterocycles. The molecular weight excluding hydrogens is 226 g/mol. The van der Waals surface area contributed by atoms with Crippen molar-refractivity contribution < 1.29 is 4.74 Å². The fraction of sp³-hybridized carbons (Fsp3) is 0.714. The third kappa shape index (κ3) is 3.34. The Kier molecular flexibility index (Phi) is 4.04. The van der Waals surface area contributed by atoms with Gasteiger partial charge >= 0.3 is 0 Å². The Morgan fingerprint density at radius 3 is 2.67 bits per heavy atom. The average molecular weight is 249 g/mol. The van der Waals surface area contributed by atoms with Crippen LogP contribution in [0.1, 0.15) is 44.9 Å². The molecule has 2 rings (SSSR count). The molecule has 4 nitrogen and oxygen atoms in total. The first kappa shape index (κ1) is 13.1. The maximum atomic E-state index is 5.16. The molecule has 1 N–H and O–H groups in total. The van der Waals surface area contributed by atoms with Crippen LogP contribution in [0.25, 0.3) is 0 Å². The van der Waals surface area contributed by atoms with Crippen molar-refractivity contribution >= 4 is 5.82 Å². The van der Waals surface area contributed by atoms with Crippen LogP contribution in [0.2, 0.25) is 0 Å². The Hall–Kier alpha value is -1.32. The van der Waals surface area contributed by atoms with Gasteiger partial charge in [0.25, 0.3) is 0 Å². The molecule has 0 bridgehead atoms. The summed E-state index contributed by atoms with van der Waals surface area (Å²) in [6, 6.07) is 1.86. The van der Waals surface area contributed by atoms with E-state index in [9.17, 15) is 0 Å². The van der Waals surface area contributed by atoms with E-state index in [-0.39, 0.29) is 0 Å². The minimum absolute atomic E-state index is 0.407. The van der Waals surface area contributed by atoms with Crippen molar-refractivity contribution in [2.45, 2.75) is 46.0 Å². The second kappa shape index (κ2) is 5.55. The third-order valence-electron chi connectivity index (χ3n) is 3.78. The summed E-state index contributed by atoms with van der Waals surface area (Å²) in [7, 11) is 1.63. The summed E-state index contributed by atoms with van der Waals surface area (Å²) >= 11 is 0. The molecule has 0 radical (unpaired) electrons. The lowest BCUT2D eigenvalue weighted by Gasteiger charge is -2.33. The molecular formula is C14H23N3O. The minimum atomic E-state index is 0.407. The molecule has 0 aromatic carbocycles. The van der Waals surface area contributed by atoms with Gasteiger partial charge in [-0.2, -0.15) is 4.98 Å². The molecule has 1 aromatic rings. The third-order valence-corrected chi connectivity index (χ3v) is 3.78. The second-order valence-corrected chi connectivity index (χ2v) is 5.57. The van der Waals surface area contributed by atoms with Crippen LogP contribution in [0.5, 0.6) is 5.88 Å². The second-order valence-electron chi connectivity index (χ2n) is 5.57. The zero-order valence-corrected chi connectivity index (χ0v) is 11.6. The molecule has 4 heteroatoms. The minimum Gasteiger partial charge on any atom is -0.481 e. The van der Waals surface area contributed by atoms with E-state index in [1.165, 1.54) is 32.1 Å². The Bertz CT molecular complexity index is 400. The van der Waals surface area contributed by atoms with Crippen LogP contribution in [0.3, 0.4) is 0 Å². The highest BCUT2D eigenvalue weighted by Gasteiger charge is 2.26. The molecule has 1 aliphatic carbocycles. The lowest BCUT2D eigenvalue weighted by molar-refractivity contribution is 0.233. The maximum Gasteiger partial charge on any atom is 0.218 e. The quantitative estimate of drug-likeness (QED) is 0.890. The van der Waals surface area contributed by atoms with E-state index in [4.69, 9.17) is 4.74 Å². The van der Waals surface area contributed by atoms with Gasteiger partial charge in [-0.3, -0.25) is 0 Å². The van der Waals surface area contributed by atoms with E-state index in [2.05, 4.69) is 22.2 Å². The number of anilines is 1. The molecule has 0 aliphatic heterocycles. The van der Waals surface area contributed by atoms with Crippen molar-refractivity contribution in [1.29, 1.82) is 0 Å². The van der Waals surface area contributed by atoms with E-state index >= 15 is 0 Å². The molecule has 1 saturated carbocycles. The lowest BCUT2D eigenvalue weighted by atomic mass is 9.76. The number of aromatic nitrogens is 2. The smallest absolute Gasteiger partial charge is 0.218 e. The molecule has 0 unspecified atom stereocenters. The Balaban J connectivity index is 1.98. The largest absolute Gasteiger partial charge is 0.481 e. The summed E-state index contributed by atoms with van der Waals surface area (Å²) < 4.78 is 5.16. The van der Waals surface area contributed by atoms with Crippen LogP contribution in [-0.2, 0) is 0 Å². The number of nitrogens with one attached hydrogen (secondary N) is 1. The molecule has 1 heterocycles. The van der Waals surface area contributed by atoms with E-state index in [1.807, 2.05) is 13.0 Å². The van der Waals surface area contributed by atoms with Crippen molar-refractivity contribution in [2.24, 2.45) is 5.41 Å². The summed E-state index contributed by atoms with van der Waals surface area (Å²) in [6.45, 7) is 5.23. The van der Waals surface area contributed by atoms with E-state index < -0.39 is 0 Å². The standard InChI is InChI=1S/C14H23N3O/c1-11-16-12(9-13(17-11)18-3)15-10-14(2)7-5-4-6-8-14/h9H,4-8,10H2,1-3H3,(H,15,16,17). The SMILES string of the molecule is COc1cc(NCC2(C)CCCCC2)nc(C)n1. The monoisotopic (exact) mass is 249 g/mol. The van der Waals surface area contributed by atoms with Gasteiger partial charge in [-0.1, -0.05) is 26.2 Å². The van der Waals surface area contributed by atoms with Crippen LogP contribution in [0, 0.1) is 12.3 Å². The molecule has 18 heavy (non-hydrogen) atoms. The number of methoxy groups -OCH3 is 1. The maximum absolute atomic E-state index is 5.16. The van der Waals surface area contributed by atoms with Gasteiger partial charge in [-0.05, 0) is 25.2 Å². The predicted octanol–water partition coefficient (Wildman–Crippen LogP) is 3.18. The number of nitrogens with zero attached hydrogens (tertiary/aromatic N) is 2. The van der Waals surface area contributed by atoms with Gasteiger partial charge in [0.2, 0.25) is 5.88 Å². The van der Waals surface area contributed by atoms with E-state index in [0.717, 1.165) is 18.2 Å². The fourth-order valence-electron chi connectivity index (χ4n) is 2.62. The van der Waals surface area contributed by atoms with Gasteiger partial charge in [-0.15, -0.1) is 0 Å². The number of aryl methyl sites for hydroxylation is 1. The van der Waals surface area contributed by atoms with Crippen molar-refractivity contribution in [1.82, 2.24) is 9.97 Å². The number of ether oxygens (including phenoxy) is 1. The fourth-order valence-corrected chi connectivity index (χ4v) is 2.62. The number of rotatable bonds is 4. The highest BCUT2D eigenvalue weighted by molar-refractivity contribution is 5.38. The van der Waals surface area contributed by atoms with Gasteiger partial charge < -0.3 is 10.1 Å². The first-order chi connectivity index (χ1) is 8.61. The van der Waals surface area contributed by atoms with Crippen LogP contribution in [0.4, 0.5) is 5.82 Å². The number of hydrogen-bond acceptors (Lipinski definition) is 4. The summed E-state index contributed by atoms with van der Waals surface area (Å²) in [5, 5.41) is 3.44. The van der Waals surface area contributed by atoms with Gasteiger partial charge in [0.05, 0.1) is 7.11 Å². The first-order valence-electron chi connectivity index (χ1n) is 6.75. The van der Waals surface area contributed by atoms with Crippen LogP contribution in [0.15, 0.2) is 6.07 Å². The highest BCUT2D eigenvalue weighted by Crippen LogP contribution is 2.35. The molecule has 0 amide bonds. The summed E-state index contributed by atoms with van der Waals surface area (Å²) in [6.07, 6.45) is 6.70. The Morgan fingerprint density at radius 2 is 2.00 bits per heavy atom. The van der Waals surface area contributed by atoms with Crippen LogP contribution >= 0.6 is 0 Å². The highest BCUT2D eigenvalue weighted by atomic mass is 16.5. The Morgan fingerprint density at radius 1 is 1.28 bits per heavy atom. The predicted molar refractivity (Wildman–Crippen MR) is 73.0 cm³/mol. The lowest BCUT2D eigenvalue weighted by Crippen LogP contribution is -2.29. The molecule has 1 aliphatic rings. The summed E-state index contributed by atoms with van der Waals surface area (Å²) in [4.78, 5) is 8.59. The van der Waals surface area contributed by atoms with Crippen molar-refractivity contribution in [2.75, 3.05) is 19.0 Å². The summed E-state index contributed by atoms with van der Waals surface area (Å²) in [5.41, 5.74) is 0.407. The van der Waals surface area contributed by atoms with Gasteiger partial charge in [0.15, 0.2) is 0 Å². The molecule has 0 spiro atoms. The van der Waals surface area contributed by atoms with E-state index in [1.54, 1.807) is 7.11 Å². The van der Waals surface area contributed by atoms with Crippen molar-refractivity contribution in [3.05, 3.63) is 11.9 Å². The van der Waals surface area contributed by atoms with Gasteiger partial charge in [0.1, 0.15) is 11.6 Å². The zero-order valence-electron chi connectivity index (χ0n) is 11.6. The molecule has 1 fully saturated rings. The van der Waals surface area contributed by atoms with Crippen LogP contribution < -0.4 is 10.1 Å². The normalized spacial score (nSPS) is 18.4. The zero-order chi connectivity index (χ0) is 13.0. The molecule has 100 valence electrons. The average Bonchev–Trinajstić information content (AvgIpc) is 2.37. The topological polar surface area (TPSA) is 47.0 Å². The van der Waals surface area contributed by atoms with E-state index in [0.29, 0.717) is 11.3 Å². The molecule has 0 saturated heterocycles. The van der Waals surface area contributed by atoms with Crippen molar-refractivity contribution in [3.63, 3.8) is 0 Å². The molecule has 0 atom stereocenters. The van der Waals surface area contributed by atoms with Gasteiger partial charge in [0, 0.05) is 12.6 Å². The van der Waals surface area contributed by atoms with Crippen molar-refractivity contribution in [3.8, 4) is 5.88 Å². The van der Waals surface area contributed by atoms with Gasteiger partial charge in [-0.25, -0.2) is 4.98 Å². The Labute approximate surface area is 109 Å². The number of hydrogen-bond donors (Lipinski definition) is 1. The summed E-state index contributed by atoms with van der Waals surface area (Å²) in [5.74, 6) is 2.23. The first-order valence-corrected chi connectivity index (χ1v) is 6.75.